The minimum absolute atomic E-state index is 0.135. The lowest BCUT2D eigenvalue weighted by Gasteiger charge is -2.32. The van der Waals surface area contributed by atoms with Crippen LogP contribution in [0.3, 0.4) is 0 Å². The van der Waals surface area contributed by atoms with Crippen LogP contribution in [0.25, 0.3) is 0 Å². The zero-order valence-electron chi connectivity index (χ0n) is 13.9. The van der Waals surface area contributed by atoms with Crippen LogP contribution in [0, 0.1) is 5.82 Å². The van der Waals surface area contributed by atoms with E-state index >= 15 is 0 Å². The van der Waals surface area contributed by atoms with E-state index in [0.717, 1.165) is 0 Å². The Morgan fingerprint density at radius 2 is 1.96 bits per heavy atom. The fourth-order valence-corrected chi connectivity index (χ4v) is 2.74. The van der Waals surface area contributed by atoms with Gasteiger partial charge in [-0.05, 0) is 36.4 Å². The minimum atomic E-state index is -0.955. The predicted octanol–water partition coefficient (Wildman–Crippen LogP) is 2.93. The first-order chi connectivity index (χ1) is 12.5. The summed E-state index contributed by atoms with van der Waals surface area (Å²) in [6.07, 6.45) is -0.634. The van der Waals surface area contributed by atoms with Crippen molar-refractivity contribution in [2.75, 3.05) is 19.7 Å². The highest BCUT2D eigenvalue weighted by atomic mass is 19.1. The summed E-state index contributed by atoms with van der Waals surface area (Å²) >= 11 is 0. The molecule has 2 aromatic carbocycles. The molecule has 1 N–H and O–H groups in total. The third-order valence-electron chi connectivity index (χ3n) is 3.96. The lowest BCUT2D eigenvalue weighted by molar-refractivity contribution is -0.141. The number of nitrogens with zero attached hydrogens (tertiary/aromatic N) is 1. The van der Waals surface area contributed by atoms with Crippen LogP contribution in [0.4, 0.5) is 4.39 Å². The maximum Gasteiger partial charge on any atom is 0.306 e. The van der Waals surface area contributed by atoms with Crippen molar-refractivity contribution in [3.63, 3.8) is 0 Å². The predicted molar refractivity (Wildman–Crippen MR) is 90.8 cm³/mol. The van der Waals surface area contributed by atoms with Crippen molar-refractivity contribution >= 4 is 11.9 Å². The van der Waals surface area contributed by atoms with Crippen LogP contribution in [0.2, 0.25) is 0 Å². The monoisotopic (exact) mass is 359 g/mol. The molecule has 1 saturated heterocycles. The van der Waals surface area contributed by atoms with Crippen LogP contribution in [-0.4, -0.2) is 47.7 Å². The van der Waals surface area contributed by atoms with Crippen LogP contribution in [0.15, 0.2) is 48.5 Å². The average molecular weight is 359 g/mol. The fourth-order valence-electron chi connectivity index (χ4n) is 2.74. The van der Waals surface area contributed by atoms with E-state index in [-0.39, 0.29) is 18.9 Å². The summed E-state index contributed by atoms with van der Waals surface area (Å²) in [7, 11) is 0. The zero-order chi connectivity index (χ0) is 18.5. The van der Waals surface area contributed by atoms with Crippen LogP contribution < -0.4 is 4.74 Å². The number of benzene rings is 2. The van der Waals surface area contributed by atoms with Gasteiger partial charge < -0.3 is 19.5 Å². The number of hydrogen-bond donors (Lipinski definition) is 1. The molecule has 136 valence electrons. The summed E-state index contributed by atoms with van der Waals surface area (Å²) in [6.45, 7) is 0.966. The second-order valence-electron chi connectivity index (χ2n) is 5.93. The van der Waals surface area contributed by atoms with E-state index in [0.29, 0.717) is 30.2 Å². The summed E-state index contributed by atoms with van der Waals surface area (Å²) in [6, 6.07) is 12.3. The first-order valence-corrected chi connectivity index (χ1v) is 8.17. The Balaban J connectivity index is 1.64. The van der Waals surface area contributed by atoms with E-state index in [9.17, 15) is 14.0 Å². The molecular weight excluding hydrogens is 341 g/mol. The van der Waals surface area contributed by atoms with E-state index < -0.39 is 17.9 Å². The molecule has 1 atom stereocenters. The Bertz CT molecular complexity index is 793. The Morgan fingerprint density at radius 3 is 2.65 bits per heavy atom. The molecule has 0 unspecified atom stereocenters. The van der Waals surface area contributed by atoms with Crippen molar-refractivity contribution in [3.8, 4) is 11.5 Å². The molecule has 1 aliphatic rings. The molecule has 0 radical (unpaired) electrons. The third kappa shape index (κ3) is 4.58. The Labute approximate surface area is 149 Å². The summed E-state index contributed by atoms with van der Waals surface area (Å²) < 4.78 is 24.1. The molecule has 2 aromatic rings. The molecule has 0 bridgehead atoms. The van der Waals surface area contributed by atoms with E-state index in [1.807, 2.05) is 0 Å². The second kappa shape index (κ2) is 7.97. The molecule has 1 amide bonds. The molecule has 3 rings (SSSR count). The lowest BCUT2D eigenvalue weighted by Crippen LogP contribution is -2.46. The van der Waals surface area contributed by atoms with Gasteiger partial charge in [0.05, 0.1) is 19.1 Å². The number of carbonyl (C=O) groups is 2. The Hall–Kier alpha value is -2.93. The van der Waals surface area contributed by atoms with Gasteiger partial charge >= 0.3 is 5.97 Å². The van der Waals surface area contributed by atoms with Crippen molar-refractivity contribution in [2.45, 2.75) is 12.5 Å². The van der Waals surface area contributed by atoms with E-state index in [4.69, 9.17) is 14.6 Å². The van der Waals surface area contributed by atoms with Crippen LogP contribution in [-0.2, 0) is 9.53 Å². The van der Waals surface area contributed by atoms with Crippen molar-refractivity contribution in [2.24, 2.45) is 0 Å². The van der Waals surface area contributed by atoms with Gasteiger partial charge in [0, 0.05) is 24.7 Å². The first-order valence-electron chi connectivity index (χ1n) is 8.17. The lowest BCUT2D eigenvalue weighted by atomic mass is 10.1. The van der Waals surface area contributed by atoms with E-state index in [2.05, 4.69) is 0 Å². The van der Waals surface area contributed by atoms with Gasteiger partial charge in [-0.15, -0.1) is 0 Å². The van der Waals surface area contributed by atoms with Crippen molar-refractivity contribution < 1.29 is 28.6 Å². The second-order valence-corrected chi connectivity index (χ2v) is 5.93. The number of carbonyl (C=O) groups excluding carboxylic acids is 1. The highest BCUT2D eigenvalue weighted by Gasteiger charge is 2.26. The van der Waals surface area contributed by atoms with Gasteiger partial charge in [0.1, 0.15) is 17.3 Å². The number of carboxylic acid groups (broad SMARTS) is 1. The van der Waals surface area contributed by atoms with Crippen molar-refractivity contribution in [3.05, 3.63) is 59.9 Å². The molecule has 1 heterocycles. The van der Waals surface area contributed by atoms with E-state index in [1.54, 1.807) is 41.3 Å². The summed E-state index contributed by atoms with van der Waals surface area (Å²) in [4.78, 5) is 25.0. The van der Waals surface area contributed by atoms with Crippen LogP contribution in [0.5, 0.6) is 11.5 Å². The number of halogens is 1. The number of carboxylic acids is 1. The smallest absolute Gasteiger partial charge is 0.306 e. The molecule has 1 fully saturated rings. The standard InChI is InChI=1S/C19H18FNO5/c20-14-2-1-3-16(10-14)26-15-6-4-13(5-7-15)19(24)21-8-9-25-17(12-21)11-18(22)23/h1-7,10,17H,8-9,11-12H2,(H,22,23)/t17-/m1/s1. The fraction of sp³-hybridized carbons (Fsp3) is 0.263. The largest absolute Gasteiger partial charge is 0.481 e. The number of hydrogen-bond acceptors (Lipinski definition) is 4. The minimum Gasteiger partial charge on any atom is -0.481 e. The topological polar surface area (TPSA) is 76.1 Å². The van der Waals surface area contributed by atoms with Gasteiger partial charge in [-0.3, -0.25) is 9.59 Å². The molecule has 0 spiro atoms. The molecule has 26 heavy (non-hydrogen) atoms. The molecule has 7 heteroatoms. The van der Waals surface area contributed by atoms with Crippen LogP contribution >= 0.6 is 0 Å². The van der Waals surface area contributed by atoms with Gasteiger partial charge in [0.15, 0.2) is 0 Å². The van der Waals surface area contributed by atoms with Crippen molar-refractivity contribution in [1.29, 1.82) is 0 Å². The number of ether oxygens (including phenoxy) is 2. The number of aliphatic carboxylic acids is 1. The molecule has 6 nitrogen and oxygen atoms in total. The highest BCUT2D eigenvalue weighted by Crippen LogP contribution is 2.23. The maximum absolute atomic E-state index is 13.2. The van der Waals surface area contributed by atoms with Crippen molar-refractivity contribution in [1.82, 2.24) is 4.90 Å². The van der Waals surface area contributed by atoms with Crippen LogP contribution in [0.1, 0.15) is 16.8 Å². The number of rotatable bonds is 5. The van der Waals surface area contributed by atoms with Gasteiger partial charge in [-0.1, -0.05) is 6.07 Å². The number of morpholine rings is 1. The SMILES string of the molecule is O=C(O)C[C@@H]1CN(C(=O)c2ccc(Oc3cccc(F)c3)cc2)CCO1. The molecule has 0 saturated carbocycles. The quantitative estimate of drug-likeness (QED) is 0.888. The average Bonchev–Trinajstić information content (AvgIpc) is 2.61. The molecule has 0 aromatic heterocycles. The summed E-state index contributed by atoms with van der Waals surface area (Å²) in [5.41, 5.74) is 0.465. The van der Waals surface area contributed by atoms with Gasteiger partial charge in [0.25, 0.3) is 5.91 Å². The Morgan fingerprint density at radius 1 is 1.19 bits per heavy atom. The third-order valence-corrected chi connectivity index (χ3v) is 3.96. The molecular formula is C19H18FNO5. The zero-order valence-corrected chi connectivity index (χ0v) is 13.9. The summed E-state index contributed by atoms with van der Waals surface area (Å²) in [5, 5.41) is 8.86. The molecule has 0 aliphatic carbocycles. The first kappa shape index (κ1) is 17.9. The normalized spacial score (nSPS) is 17.0. The number of amides is 1. The maximum atomic E-state index is 13.2. The van der Waals surface area contributed by atoms with Gasteiger partial charge in [0.2, 0.25) is 0 Å². The van der Waals surface area contributed by atoms with Gasteiger partial charge in [-0.25, -0.2) is 4.39 Å². The highest BCUT2D eigenvalue weighted by molar-refractivity contribution is 5.94. The summed E-state index contributed by atoms with van der Waals surface area (Å²) in [5.74, 6) is -0.687. The molecule has 1 aliphatic heterocycles. The van der Waals surface area contributed by atoms with Gasteiger partial charge in [-0.2, -0.15) is 0 Å². The Kier molecular flexibility index (Phi) is 5.48. The van der Waals surface area contributed by atoms with E-state index in [1.165, 1.54) is 12.1 Å².